The molecule has 0 aliphatic carbocycles. The predicted octanol–water partition coefficient (Wildman–Crippen LogP) is 3.49. The molecule has 174 valence electrons. The number of aryl methyl sites for hydroxylation is 1. The highest BCUT2D eigenvalue weighted by Gasteiger charge is 2.36. The van der Waals surface area contributed by atoms with Crippen LogP contribution in [0.1, 0.15) is 12.0 Å². The van der Waals surface area contributed by atoms with Crippen molar-refractivity contribution >= 4 is 22.5 Å². The molecule has 33 heavy (non-hydrogen) atoms. The van der Waals surface area contributed by atoms with Crippen molar-refractivity contribution in [3.05, 3.63) is 42.2 Å². The maximum atomic E-state index is 13.8. The highest BCUT2D eigenvalue weighted by Crippen LogP contribution is 2.31. The summed E-state index contributed by atoms with van der Waals surface area (Å²) in [6, 6.07) is 8.25. The summed E-state index contributed by atoms with van der Waals surface area (Å²) < 4.78 is 33.0. The van der Waals surface area contributed by atoms with Gasteiger partial charge in [0, 0.05) is 56.2 Å². The van der Waals surface area contributed by atoms with Crippen molar-refractivity contribution in [3.8, 4) is 11.3 Å². The largest absolute Gasteiger partial charge is 0.378 e. The Labute approximate surface area is 191 Å². The van der Waals surface area contributed by atoms with E-state index in [0.717, 1.165) is 37.6 Å². The number of piperidine rings is 1. The molecule has 0 saturated carbocycles. The summed E-state index contributed by atoms with van der Waals surface area (Å²) in [5.41, 5.74) is 5.47. The van der Waals surface area contributed by atoms with Crippen LogP contribution in [0, 0.1) is 12.8 Å². The summed E-state index contributed by atoms with van der Waals surface area (Å²) in [5, 5.41) is 6.10. The Morgan fingerprint density at radius 3 is 2.79 bits per heavy atom. The number of halogens is 2. The zero-order chi connectivity index (χ0) is 22.8. The number of hydrogen-bond acceptors (Lipinski definition) is 7. The van der Waals surface area contributed by atoms with Gasteiger partial charge in [-0.05, 0) is 36.6 Å². The third-order valence-corrected chi connectivity index (χ3v) is 6.26. The summed E-state index contributed by atoms with van der Waals surface area (Å²) in [7, 11) is 0. The van der Waals surface area contributed by atoms with E-state index in [1.807, 2.05) is 6.07 Å². The van der Waals surface area contributed by atoms with Crippen LogP contribution < -0.4 is 15.5 Å². The Morgan fingerprint density at radius 1 is 1.18 bits per heavy atom. The Hall–Kier alpha value is -2.91. The minimum Gasteiger partial charge on any atom is -0.378 e. The van der Waals surface area contributed by atoms with Gasteiger partial charge in [-0.3, -0.25) is 4.98 Å². The van der Waals surface area contributed by atoms with E-state index in [2.05, 4.69) is 50.6 Å². The predicted molar refractivity (Wildman–Crippen MR) is 125 cm³/mol. The van der Waals surface area contributed by atoms with Gasteiger partial charge in [0.1, 0.15) is 5.52 Å². The second kappa shape index (κ2) is 9.15. The molecule has 0 bridgehead atoms. The minimum absolute atomic E-state index is 0.140. The van der Waals surface area contributed by atoms with Crippen LogP contribution in [0.25, 0.3) is 22.3 Å². The molecule has 1 aromatic carbocycles. The Kier molecular flexibility index (Phi) is 6.07. The molecule has 0 spiro atoms. The molecule has 2 saturated heterocycles. The molecule has 0 amide bonds. The van der Waals surface area contributed by atoms with E-state index in [4.69, 9.17) is 9.72 Å². The van der Waals surface area contributed by atoms with Crippen LogP contribution in [0.15, 0.2) is 36.7 Å². The van der Waals surface area contributed by atoms with Crippen LogP contribution >= 0.6 is 0 Å². The molecule has 2 aromatic heterocycles. The Balaban J connectivity index is 1.42. The first kappa shape index (κ1) is 21.9. The number of aromatic nitrogens is 3. The summed E-state index contributed by atoms with van der Waals surface area (Å²) in [6.45, 7) is 6.03. The quantitative estimate of drug-likeness (QED) is 0.611. The van der Waals surface area contributed by atoms with Crippen molar-refractivity contribution in [2.45, 2.75) is 19.3 Å². The van der Waals surface area contributed by atoms with Crippen LogP contribution in [-0.2, 0) is 4.74 Å². The maximum absolute atomic E-state index is 13.8. The lowest BCUT2D eigenvalue weighted by Gasteiger charge is -2.30. The molecule has 4 heterocycles. The van der Waals surface area contributed by atoms with Crippen molar-refractivity contribution in [2.24, 2.45) is 5.92 Å². The first-order valence-corrected chi connectivity index (χ1v) is 11.4. The highest BCUT2D eigenvalue weighted by molar-refractivity contribution is 5.88. The third kappa shape index (κ3) is 4.89. The lowest BCUT2D eigenvalue weighted by atomic mass is 9.97. The van der Waals surface area contributed by atoms with Crippen LogP contribution in [0.2, 0.25) is 0 Å². The van der Waals surface area contributed by atoms with E-state index < -0.39 is 5.92 Å². The first-order chi connectivity index (χ1) is 16.0. The van der Waals surface area contributed by atoms with Gasteiger partial charge >= 0.3 is 0 Å². The van der Waals surface area contributed by atoms with E-state index in [-0.39, 0.29) is 18.9 Å². The van der Waals surface area contributed by atoms with Crippen LogP contribution in [-0.4, -0.2) is 66.8 Å². The fourth-order valence-corrected chi connectivity index (χ4v) is 4.63. The maximum Gasteiger partial charge on any atom is 0.260 e. The lowest BCUT2D eigenvalue weighted by Crippen LogP contribution is -2.45. The molecule has 7 nitrogen and oxygen atoms in total. The number of ether oxygens (including phenoxy) is 1. The monoisotopic (exact) mass is 454 g/mol. The number of alkyl halides is 2. The van der Waals surface area contributed by atoms with Crippen molar-refractivity contribution in [2.75, 3.05) is 56.2 Å². The van der Waals surface area contributed by atoms with Crippen LogP contribution in [0.3, 0.4) is 0 Å². The van der Waals surface area contributed by atoms with Crippen molar-refractivity contribution < 1.29 is 13.5 Å². The van der Waals surface area contributed by atoms with Gasteiger partial charge in [-0.2, -0.15) is 0 Å². The van der Waals surface area contributed by atoms with Gasteiger partial charge in [-0.15, -0.1) is 0 Å². The first-order valence-electron chi connectivity index (χ1n) is 11.4. The number of hydrogen-bond donors (Lipinski definition) is 2. The van der Waals surface area contributed by atoms with Gasteiger partial charge in [0.25, 0.3) is 5.92 Å². The SMILES string of the molecule is Cc1cc(-c2cc3nccnc3c(NCC3CNCC(F)(F)C3)n2)ccc1N1CCOCC1. The third-order valence-electron chi connectivity index (χ3n) is 6.26. The van der Waals surface area contributed by atoms with Gasteiger partial charge in [0.2, 0.25) is 0 Å². The van der Waals surface area contributed by atoms with E-state index in [1.165, 1.54) is 11.3 Å². The second-order valence-electron chi connectivity index (χ2n) is 8.82. The number of nitrogens with zero attached hydrogens (tertiary/aromatic N) is 4. The van der Waals surface area contributed by atoms with E-state index in [0.29, 0.717) is 29.9 Å². The number of nitrogens with one attached hydrogen (secondary N) is 2. The number of pyridine rings is 1. The summed E-state index contributed by atoms with van der Waals surface area (Å²) in [6.07, 6.45) is 3.12. The van der Waals surface area contributed by atoms with Gasteiger partial charge < -0.3 is 20.3 Å². The molecule has 2 aliphatic heterocycles. The molecule has 3 aromatic rings. The zero-order valence-electron chi connectivity index (χ0n) is 18.7. The molecule has 9 heteroatoms. The van der Waals surface area contributed by atoms with Gasteiger partial charge in [0.15, 0.2) is 5.82 Å². The van der Waals surface area contributed by atoms with E-state index in [9.17, 15) is 8.78 Å². The molecular formula is C24H28F2N6O. The molecule has 2 aliphatic rings. The van der Waals surface area contributed by atoms with E-state index >= 15 is 0 Å². The molecular weight excluding hydrogens is 426 g/mol. The molecule has 5 rings (SSSR count). The number of rotatable bonds is 5. The molecule has 1 atom stereocenters. The molecule has 0 radical (unpaired) electrons. The zero-order valence-corrected chi connectivity index (χ0v) is 18.7. The smallest absolute Gasteiger partial charge is 0.260 e. The average molecular weight is 455 g/mol. The Morgan fingerprint density at radius 2 is 2.00 bits per heavy atom. The molecule has 1 unspecified atom stereocenters. The van der Waals surface area contributed by atoms with Gasteiger partial charge in [0.05, 0.1) is 31.0 Å². The minimum atomic E-state index is -2.68. The van der Waals surface area contributed by atoms with Crippen LogP contribution in [0.4, 0.5) is 20.3 Å². The Bertz CT molecular complexity index is 1140. The number of benzene rings is 1. The highest BCUT2D eigenvalue weighted by atomic mass is 19.3. The van der Waals surface area contributed by atoms with Crippen molar-refractivity contribution in [1.29, 1.82) is 0 Å². The lowest BCUT2D eigenvalue weighted by molar-refractivity contribution is -0.0370. The number of fused-ring (bicyclic) bond motifs is 1. The number of anilines is 2. The summed E-state index contributed by atoms with van der Waals surface area (Å²) >= 11 is 0. The van der Waals surface area contributed by atoms with Crippen LogP contribution in [0.5, 0.6) is 0 Å². The van der Waals surface area contributed by atoms with Gasteiger partial charge in [-0.25, -0.2) is 18.7 Å². The fraction of sp³-hybridized carbons (Fsp3) is 0.458. The average Bonchev–Trinajstić information content (AvgIpc) is 2.82. The molecule has 2 N–H and O–H groups in total. The van der Waals surface area contributed by atoms with Crippen molar-refractivity contribution in [1.82, 2.24) is 20.3 Å². The second-order valence-corrected chi connectivity index (χ2v) is 8.82. The standard InChI is InChI=1S/C24H28F2N6O/c1-16-10-18(2-3-21(16)32-6-8-33-9-7-32)19-11-20-22(29-5-4-28-20)23(31-19)30-14-17-12-24(25,26)15-27-13-17/h2-5,10-11,17,27H,6-9,12-15H2,1H3,(H,30,31). The molecule has 2 fully saturated rings. The normalized spacial score (nSPS) is 20.7. The summed E-state index contributed by atoms with van der Waals surface area (Å²) in [4.78, 5) is 16.0. The topological polar surface area (TPSA) is 75.2 Å². The number of morpholine rings is 1. The summed E-state index contributed by atoms with van der Waals surface area (Å²) in [5.74, 6) is -2.30. The fourth-order valence-electron chi connectivity index (χ4n) is 4.63. The van der Waals surface area contributed by atoms with Gasteiger partial charge in [-0.1, -0.05) is 6.07 Å². The van der Waals surface area contributed by atoms with E-state index in [1.54, 1.807) is 12.4 Å². The van der Waals surface area contributed by atoms with Crippen molar-refractivity contribution in [3.63, 3.8) is 0 Å².